The Balaban J connectivity index is 1.72. The second-order valence-electron chi connectivity index (χ2n) is 7.00. The van der Waals surface area contributed by atoms with E-state index in [4.69, 9.17) is 5.73 Å². The molecule has 1 fully saturated rings. The van der Waals surface area contributed by atoms with Crippen LogP contribution < -0.4 is 16.4 Å². The van der Waals surface area contributed by atoms with Crippen LogP contribution in [0.25, 0.3) is 0 Å². The number of benzene rings is 1. The fourth-order valence-electron chi connectivity index (χ4n) is 2.71. The lowest BCUT2D eigenvalue weighted by atomic mass is 10.1. The molecule has 26 heavy (non-hydrogen) atoms. The Bertz CT molecular complexity index is 643. The summed E-state index contributed by atoms with van der Waals surface area (Å²) in [5.74, 6) is -0.356. The van der Waals surface area contributed by atoms with Crippen LogP contribution >= 0.6 is 0 Å². The zero-order valence-corrected chi connectivity index (χ0v) is 15.5. The maximum Gasteiger partial charge on any atom is 0.239 e. The summed E-state index contributed by atoms with van der Waals surface area (Å²) >= 11 is 0. The monoisotopic (exact) mass is 360 g/mol. The van der Waals surface area contributed by atoms with Gasteiger partial charge in [0, 0.05) is 26.1 Å². The number of nitrogens with one attached hydrogen (secondary N) is 2. The Kier molecular flexibility index (Phi) is 7.15. The molecule has 1 aromatic carbocycles. The number of rotatable bonds is 8. The van der Waals surface area contributed by atoms with Crippen molar-refractivity contribution in [3.05, 3.63) is 35.4 Å². The molecule has 1 aliphatic heterocycles. The number of hydrogen-bond donors (Lipinski definition) is 3. The second-order valence-corrected chi connectivity index (χ2v) is 7.00. The molecular weight excluding hydrogens is 332 g/mol. The van der Waals surface area contributed by atoms with Crippen LogP contribution in [0.2, 0.25) is 0 Å². The maximum absolute atomic E-state index is 11.8. The molecule has 0 aliphatic carbocycles. The number of amides is 3. The SMILES string of the molecule is CC(C)[C@H](N)C(=O)NCC(=O)NCc1ccc(CN2CCCC2=O)cc1. The van der Waals surface area contributed by atoms with Crippen molar-refractivity contribution in [2.24, 2.45) is 11.7 Å². The molecule has 1 saturated heterocycles. The van der Waals surface area contributed by atoms with E-state index in [0.717, 1.165) is 24.1 Å². The van der Waals surface area contributed by atoms with Gasteiger partial charge in [-0.25, -0.2) is 0 Å². The summed E-state index contributed by atoms with van der Waals surface area (Å²) in [5.41, 5.74) is 7.76. The van der Waals surface area contributed by atoms with Crippen molar-refractivity contribution in [3.63, 3.8) is 0 Å². The minimum Gasteiger partial charge on any atom is -0.350 e. The van der Waals surface area contributed by atoms with Gasteiger partial charge in [0.05, 0.1) is 12.6 Å². The summed E-state index contributed by atoms with van der Waals surface area (Å²) in [5, 5.41) is 5.30. The third-order valence-electron chi connectivity index (χ3n) is 4.50. The van der Waals surface area contributed by atoms with Crippen LogP contribution in [0.5, 0.6) is 0 Å². The van der Waals surface area contributed by atoms with Crippen molar-refractivity contribution in [3.8, 4) is 0 Å². The lowest BCUT2D eigenvalue weighted by Gasteiger charge is -2.16. The van der Waals surface area contributed by atoms with E-state index < -0.39 is 6.04 Å². The zero-order chi connectivity index (χ0) is 19.1. The summed E-state index contributed by atoms with van der Waals surface area (Å²) in [6, 6.07) is 7.19. The van der Waals surface area contributed by atoms with Gasteiger partial charge in [0.2, 0.25) is 17.7 Å². The van der Waals surface area contributed by atoms with Crippen molar-refractivity contribution < 1.29 is 14.4 Å². The zero-order valence-electron chi connectivity index (χ0n) is 15.5. The third-order valence-corrected chi connectivity index (χ3v) is 4.50. The molecule has 0 unspecified atom stereocenters. The number of carbonyl (C=O) groups is 3. The third kappa shape index (κ3) is 5.84. The van der Waals surface area contributed by atoms with E-state index in [1.165, 1.54) is 0 Å². The van der Waals surface area contributed by atoms with E-state index in [-0.39, 0.29) is 30.2 Å². The average Bonchev–Trinajstić information content (AvgIpc) is 3.03. The van der Waals surface area contributed by atoms with Crippen LogP contribution in [-0.2, 0) is 27.5 Å². The smallest absolute Gasteiger partial charge is 0.239 e. The summed E-state index contributed by atoms with van der Waals surface area (Å²) < 4.78 is 0. The number of likely N-dealkylation sites (tertiary alicyclic amines) is 1. The van der Waals surface area contributed by atoms with Gasteiger partial charge in [0.1, 0.15) is 0 Å². The van der Waals surface area contributed by atoms with Crippen molar-refractivity contribution in [2.45, 2.75) is 45.8 Å². The predicted molar refractivity (Wildman–Crippen MR) is 98.8 cm³/mol. The summed E-state index contributed by atoms with van der Waals surface area (Å²) in [4.78, 5) is 37.1. The molecule has 0 spiro atoms. The lowest BCUT2D eigenvalue weighted by Crippen LogP contribution is -2.47. The number of nitrogens with two attached hydrogens (primary N) is 1. The fraction of sp³-hybridized carbons (Fsp3) is 0.526. The summed E-state index contributed by atoms with van der Waals surface area (Å²) in [6.45, 7) is 5.46. The molecule has 0 saturated carbocycles. The summed E-state index contributed by atoms with van der Waals surface area (Å²) in [7, 11) is 0. The van der Waals surface area contributed by atoms with E-state index in [1.54, 1.807) is 0 Å². The molecule has 0 aromatic heterocycles. The molecule has 4 N–H and O–H groups in total. The van der Waals surface area contributed by atoms with Crippen LogP contribution in [-0.4, -0.2) is 41.8 Å². The van der Waals surface area contributed by atoms with Crippen molar-refractivity contribution >= 4 is 17.7 Å². The van der Waals surface area contributed by atoms with Gasteiger partial charge < -0.3 is 21.3 Å². The minimum atomic E-state index is -0.613. The Hall–Kier alpha value is -2.41. The molecule has 1 atom stereocenters. The van der Waals surface area contributed by atoms with Crippen LogP contribution in [0, 0.1) is 5.92 Å². The van der Waals surface area contributed by atoms with Crippen LogP contribution in [0.3, 0.4) is 0 Å². The molecule has 142 valence electrons. The van der Waals surface area contributed by atoms with Gasteiger partial charge in [0.15, 0.2) is 0 Å². The molecule has 1 heterocycles. The van der Waals surface area contributed by atoms with Gasteiger partial charge in [0.25, 0.3) is 0 Å². The van der Waals surface area contributed by atoms with Crippen molar-refractivity contribution in [1.29, 1.82) is 0 Å². The van der Waals surface area contributed by atoms with Gasteiger partial charge in [-0.05, 0) is 23.5 Å². The van der Waals surface area contributed by atoms with Gasteiger partial charge in [-0.3, -0.25) is 14.4 Å². The number of hydrogen-bond acceptors (Lipinski definition) is 4. The Labute approximate surface area is 154 Å². The second kappa shape index (κ2) is 9.33. The lowest BCUT2D eigenvalue weighted by molar-refractivity contribution is -0.128. The van der Waals surface area contributed by atoms with E-state index in [2.05, 4.69) is 10.6 Å². The van der Waals surface area contributed by atoms with E-state index in [1.807, 2.05) is 43.0 Å². The van der Waals surface area contributed by atoms with Gasteiger partial charge in [-0.1, -0.05) is 38.1 Å². The predicted octanol–water partition coefficient (Wildman–Crippen LogP) is 0.525. The highest BCUT2D eigenvalue weighted by atomic mass is 16.2. The largest absolute Gasteiger partial charge is 0.350 e. The van der Waals surface area contributed by atoms with Crippen molar-refractivity contribution in [2.75, 3.05) is 13.1 Å². The molecule has 1 aliphatic rings. The molecular formula is C19H28N4O3. The minimum absolute atomic E-state index is 0.0208. The topological polar surface area (TPSA) is 105 Å². The first-order valence-electron chi connectivity index (χ1n) is 9.02. The average molecular weight is 360 g/mol. The van der Waals surface area contributed by atoms with E-state index in [0.29, 0.717) is 19.5 Å². The molecule has 7 heteroatoms. The standard InChI is InChI=1S/C19H28N4O3/c1-13(2)18(20)19(26)22-11-16(24)21-10-14-5-7-15(8-6-14)12-23-9-3-4-17(23)25/h5-8,13,18H,3-4,9-12,20H2,1-2H3,(H,21,24)(H,22,26)/t18-/m0/s1. The molecule has 3 amide bonds. The Morgan fingerprint density at radius 3 is 2.38 bits per heavy atom. The highest BCUT2D eigenvalue weighted by Crippen LogP contribution is 2.14. The van der Waals surface area contributed by atoms with E-state index in [9.17, 15) is 14.4 Å². The number of carbonyl (C=O) groups excluding carboxylic acids is 3. The Morgan fingerprint density at radius 2 is 1.81 bits per heavy atom. The van der Waals surface area contributed by atoms with Crippen LogP contribution in [0.1, 0.15) is 37.8 Å². The molecule has 0 radical (unpaired) electrons. The fourth-order valence-corrected chi connectivity index (χ4v) is 2.71. The first-order chi connectivity index (χ1) is 12.4. The molecule has 1 aromatic rings. The first-order valence-corrected chi connectivity index (χ1v) is 9.02. The molecule has 0 bridgehead atoms. The quantitative estimate of drug-likeness (QED) is 0.629. The summed E-state index contributed by atoms with van der Waals surface area (Å²) in [6.07, 6.45) is 1.57. The highest BCUT2D eigenvalue weighted by molar-refractivity contribution is 5.87. The van der Waals surface area contributed by atoms with Crippen molar-refractivity contribution in [1.82, 2.24) is 15.5 Å². The van der Waals surface area contributed by atoms with Gasteiger partial charge in [-0.2, -0.15) is 0 Å². The van der Waals surface area contributed by atoms with Gasteiger partial charge >= 0.3 is 0 Å². The first kappa shape index (κ1) is 19.9. The normalized spacial score (nSPS) is 15.2. The van der Waals surface area contributed by atoms with E-state index >= 15 is 0 Å². The van der Waals surface area contributed by atoms with Crippen LogP contribution in [0.15, 0.2) is 24.3 Å². The maximum atomic E-state index is 11.8. The van der Waals surface area contributed by atoms with Crippen LogP contribution in [0.4, 0.5) is 0 Å². The molecule has 7 nitrogen and oxygen atoms in total. The number of nitrogens with zero attached hydrogens (tertiary/aromatic N) is 1. The Morgan fingerprint density at radius 1 is 1.15 bits per heavy atom. The van der Waals surface area contributed by atoms with Gasteiger partial charge in [-0.15, -0.1) is 0 Å². The molecule has 2 rings (SSSR count). The highest BCUT2D eigenvalue weighted by Gasteiger charge is 2.20.